The highest BCUT2D eigenvalue weighted by molar-refractivity contribution is 5.82. The number of carbonyl (C=O) groups is 2. The molecule has 1 amide bonds. The van der Waals surface area contributed by atoms with Crippen LogP contribution in [0, 0.1) is 0 Å². The lowest BCUT2D eigenvalue weighted by Crippen LogP contribution is -2.52. The van der Waals surface area contributed by atoms with Crippen molar-refractivity contribution in [3.63, 3.8) is 0 Å². The zero-order valence-electron chi connectivity index (χ0n) is 10.2. The van der Waals surface area contributed by atoms with Gasteiger partial charge in [0.2, 0.25) is 5.91 Å². The van der Waals surface area contributed by atoms with Gasteiger partial charge in [0.15, 0.2) is 0 Å². The number of hydrogen-bond acceptors (Lipinski definition) is 4. The second kappa shape index (κ2) is 5.49. The van der Waals surface area contributed by atoms with Crippen LogP contribution in [0.4, 0.5) is 0 Å². The van der Waals surface area contributed by atoms with Gasteiger partial charge < -0.3 is 15.4 Å². The predicted octanol–water partition coefficient (Wildman–Crippen LogP) is 0.339. The van der Waals surface area contributed by atoms with Gasteiger partial charge in [0.25, 0.3) is 0 Å². The minimum Gasteiger partial charge on any atom is -0.460 e. The van der Waals surface area contributed by atoms with Gasteiger partial charge in [-0.2, -0.15) is 0 Å². The Kier molecular flexibility index (Phi) is 3.99. The third kappa shape index (κ3) is 2.97. The zero-order valence-corrected chi connectivity index (χ0v) is 10.2. The number of hydrogen-bond donors (Lipinski definition) is 2. The molecule has 17 heavy (non-hydrogen) atoms. The largest absolute Gasteiger partial charge is 0.460 e. The van der Waals surface area contributed by atoms with Crippen molar-refractivity contribution in [2.24, 2.45) is 0 Å². The van der Waals surface area contributed by atoms with E-state index in [2.05, 4.69) is 10.6 Å². The van der Waals surface area contributed by atoms with E-state index in [0.29, 0.717) is 12.8 Å². The number of carbonyl (C=O) groups excluding carboxylic acids is 2. The zero-order chi connectivity index (χ0) is 12.3. The van der Waals surface area contributed by atoms with Crippen molar-refractivity contribution < 1.29 is 14.3 Å². The summed E-state index contributed by atoms with van der Waals surface area (Å²) >= 11 is 0. The standard InChI is InChI=1S/C12H20N2O3/c1-2-10-8(5-6-11(15)17-10)14-12(16)9-4-3-7-13-9/h8-10,13H,2-7H2,1H3,(H,14,16)/t8-,9-,10-/m0/s1. The van der Waals surface area contributed by atoms with Crippen LogP contribution in [0.2, 0.25) is 0 Å². The fourth-order valence-electron chi connectivity index (χ4n) is 2.49. The van der Waals surface area contributed by atoms with Gasteiger partial charge in [-0.3, -0.25) is 9.59 Å². The molecular formula is C12H20N2O3. The molecule has 2 aliphatic rings. The summed E-state index contributed by atoms with van der Waals surface area (Å²) in [7, 11) is 0. The maximum Gasteiger partial charge on any atom is 0.306 e. The molecule has 2 aliphatic heterocycles. The Bertz CT molecular complexity index is 300. The van der Waals surface area contributed by atoms with Crippen molar-refractivity contribution in [1.82, 2.24) is 10.6 Å². The molecule has 3 atom stereocenters. The Hall–Kier alpha value is -1.10. The fourth-order valence-corrected chi connectivity index (χ4v) is 2.49. The molecule has 0 spiro atoms. The third-order valence-electron chi connectivity index (χ3n) is 3.50. The van der Waals surface area contributed by atoms with E-state index in [9.17, 15) is 9.59 Å². The van der Waals surface area contributed by atoms with Crippen LogP contribution in [0.5, 0.6) is 0 Å². The summed E-state index contributed by atoms with van der Waals surface area (Å²) in [5.74, 6) is -0.106. The average Bonchev–Trinajstić information content (AvgIpc) is 2.85. The summed E-state index contributed by atoms with van der Waals surface area (Å²) < 4.78 is 5.24. The highest BCUT2D eigenvalue weighted by Crippen LogP contribution is 2.18. The lowest BCUT2D eigenvalue weighted by atomic mass is 9.99. The van der Waals surface area contributed by atoms with Crippen molar-refractivity contribution in [2.45, 2.75) is 57.2 Å². The minimum atomic E-state index is -0.165. The van der Waals surface area contributed by atoms with Crippen molar-refractivity contribution in [3.05, 3.63) is 0 Å². The Morgan fingerprint density at radius 1 is 1.53 bits per heavy atom. The van der Waals surface area contributed by atoms with E-state index in [1.807, 2.05) is 6.92 Å². The smallest absolute Gasteiger partial charge is 0.306 e. The maximum absolute atomic E-state index is 11.9. The minimum absolute atomic E-state index is 0.0207. The van der Waals surface area contributed by atoms with Crippen LogP contribution >= 0.6 is 0 Å². The summed E-state index contributed by atoms with van der Waals surface area (Å²) in [6.45, 7) is 2.88. The first-order chi connectivity index (χ1) is 8.20. The van der Waals surface area contributed by atoms with Gasteiger partial charge in [-0.25, -0.2) is 0 Å². The molecule has 0 unspecified atom stereocenters. The summed E-state index contributed by atoms with van der Waals surface area (Å²) in [6, 6.07) is -0.0854. The summed E-state index contributed by atoms with van der Waals surface area (Å²) in [5.41, 5.74) is 0. The van der Waals surface area contributed by atoms with Crippen LogP contribution in [-0.2, 0) is 14.3 Å². The van der Waals surface area contributed by atoms with Crippen molar-refractivity contribution >= 4 is 11.9 Å². The second-order valence-electron chi connectivity index (χ2n) is 4.74. The number of cyclic esters (lactones) is 1. The highest BCUT2D eigenvalue weighted by atomic mass is 16.5. The molecule has 0 aromatic carbocycles. The number of esters is 1. The van der Waals surface area contributed by atoms with Crippen LogP contribution in [-0.4, -0.2) is 36.6 Å². The molecule has 2 N–H and O–H groups in total. The number of ether oxygens (including phenoxy) is 1. The molecule has 5 nitrogen and oxygen atoms in total. The maximum atomic E-state index is 11.9. The topological polar surface area (TPSA) is 67.4 Å². The van der Waals surface area contributed by atoms with Crippen molar-refractivity contribution in [3.8, 4) is 0 Å². The summed E-state index contributed by atoms with van der Waals surface area (Å²) in [5, 5.41) is 6.17. The van der Waals surface area contributed by atoms with Gasteiger partial charge in [0.05, 0.1) is 12.1 Å². The molecule has 0 radical (unpaired) electrons. The van der Waals surface area contributed by atoms with Crippen LogP contribution in [0.1, 0.15) is 39.0 Å². The van der Waals surface area contributed by atoms with E-state index >= 15 is 0 Å². The fraction of sp³-hybridized carbons (Fsp3) is 0.833. The van der Waals surface area contributed by atoms with Crippen LogP contribution in [0.15, 0.2) is 0 Å². The molecule has 0 aromatic rings. The van der Waals surface area contributed by atoms with Gasteiger partial charge >= 0.3 is 5.97 Å². The molecule has 2 saturated heterocycles. The molecule has 2 rings (SSSR count). The first kappa shape index (κ1) is 12.4. The Labute approximate surface area is 101 Å². The molecule has 2 fully saturated rings. The Morgan fingerprint density at radius 3 is 3.00 bits per heavy atom. The molecule has 0 bridgehead atoms. The van der Waals surface area contributed by atoms with E-state index in [1.165, 1.54) is 0 Å². The SMILES string of the molecule is CC[C@@H]1OC(=O)CC[C@@H]1NC(=O)[C@@H]1CCCN1. The Morgan fingerprint density at radius 2 is 2.35 bits per heavy atom. The van der Waals surface area contributed by atoms with E-state index < -0.39 is 0 Å². The van der Waals surface area contributed by atoms with E-state index in [0.717, 1.165) is 25.8 Å². The molecule has 96 valence electrons. The number of nitrogens with one attached hydrogen (secondary N) is 2. The molecule has 5 heteroatoms. The molecule has 0 aromatic heterocycles. The van der Waals surface area contributed by atoms with Gasteiger partial charge in [0, 0.05) is 6.42 Å². The predicted molar refractivity (Wildman–Crippen MR) is 62.4 cm³/mol. The van der Waals surface area contributed by atoms with Gasteiger partial charge in [-0.1, -0.05) is 6.92 Å². The molecular weight excluding hydrogens is 220 g/mol. The van der Waals surface area contributed by atoms with Gasteiger partial charge in [-0.15, -0.1) is 0 Å². The molecule has 0 saturated carbocycles. The second-order valence-corrected chi connectivity index (χ2v) is 4.74. The van der Waals surface area contributed by atoms with Gasteiger partial charge in [0.1, 0.15) is 6.10 Å². The molecule has 2 heterocycles. The first-order valence-electron chi connectivity index (χ1n) is 6.44. The number of amides is 1. The monoisotopic (exact) mass is 240 g/mol. The van der Waals surface area contributed by atoms with Crippen molar-refractivity contribution in [1.29, 1.82) is 0 Å². The van der Waals surface area contributed by atoms with E-state index in [4.69, 9.17) is 4.74 Å². The average molecular weight is 240 g/mol. The number of rotatable bonds is 3. The summed E-state index contributed by atoms with van der Waals surface area (Å²) in [6.07, 6.45) is 3.62. The van der Waals surface area contributed by atoms with E-state index in [-0.39, 0.29) is 30.1 Å². The first-order valence-corrected chi connectivity index (χ1v) is 6.44. The highest BCUT2D eigenvalue weighted by Gasteiger charge is 2.32. The van der Waals surface area contributed by atoms with Crippen LogP contribution < -0.4 is 10.6 Å². The van der Waals surface area contributed by atoms with Crippen LogP contribution in [0.3, 0.4) is 0 Å². The lowest BCUT2D eigenvalue weighted by molar-refractivity contribution is -0.157. The van der Waals surface area contributed by atoms with Crippen LogP contribution in [0.25, 0.3) is 0 Å². The third-order valence-corrected chi connectivity index (χ3v) is 3.50. The molecule has 0 aliphatic carbocycles. The summed E-state index contributed by atoms with van der Waals surface area (Å²) in [4.78, 5) is 23.1. The lowest BCUT2D eigenvalue weighted by Gasteiger charge is -2.31. The normalized spacial score (nSPS) is 33.2. The van der Waals surface area contributed by atoms with E-state index in [1.54, 1.807) is 0 Å². The van der Waals surface area contributed by atoms with Crippen molar-refractivity contribution in [2.75, 3.05) is 6.54 Å². The quantitative estimate of drug-likeness (QED) is 0.698. The van der Waals surface area contributed by atoms with Gasteiger partial charge in [-0.05, 0) is 32.2 Å². The Balaban J connectivity index is 1.88.